The highest BCUT2D eigenvalue weighted by Crippen LogP contribution is 2.38. The third kappa shape index (κ3) is 2.09. The van der Waals surface area contributed by atoms with Gasteiger partial charge >= 0.3 is 0 Å². The molecule has 0 saturated heterocycles. The van der Waals surface area contributed by atoms with Crippen molar-refractivity contribution in [2.75, 3.05) is 23.4 Å². The van der Waals surface area contributed by atoms with E-state index in [4.69, 9.17) is 0 Å². The molecule has 0 spiro atoms. The predicted molar refractivity (Wildman–Crippen MR) is 64.9 cm³/mol. The van der Waals surface area contributed by atoms with Crippen molar-refractivity contribution in [3.63, 3.8) is 0 Å². The van der Waals surface area contributed by atoms with Crippen LogP contribution in [0.2, 0.25) is 0 Å². The molecule has 1 aromatic carbocycles. The zero-order chi connectivity index (χ0) is 11.1. The van der Waals surface area contributed by atoms with Crippen LogP contribution in [0.1, 0.15) is 20.8 Å². The molecule has 80 valence electrons. The van der Waals surface area contributed by atoms with E-state index in [2.05, 4.69) is 61.5 Å². The zero-order valence-electron chi connectivity index (χ0n) is 9.91. The first kappa shape index (κ1) is 10.3. The Hall–Kier alpha value is -1.18. The standard InChI is InChI=1S/C13H18N2/c1-13(2,3)9-15-10-14(4)11-7-5-6-8-12(11)15/h5-8H,9H2,1-4H3. The van der Waals surface area contributed by atoms with Crippen LogP contribution in [-0.2, 0) is 0 Å². The largest absolute Gasteiger partial charge is 0.343 e. The van der Waals surface area contributed by atoms with Gasteiger partial charge in [-0.1, -0.05) is 32.9 Å². The summed E-state index contributed by atoms with van der Waals surface area (Å²) in [7, 11) is 2.04. The van der Waals surface area contributed by atoms with E-state index in [0.717, 1.165) is 6.54 Å². The molecule has 15 heavy (non-hydrogen) atoms. The second-order valence-electron chi connectivity index (χ2n) is 5.29. The highest BCUT2D eigenvalue weighted by Gasteiger charge is 2.27. The first-order chi connectivity index (χ1) is 6.97. The van der Waals surface area contributed by atoms with E-state index in [1.165, 1.54) is 11.4 Å². The number of fused-ring (bicyclic) bond motifs is 1. The molecule has 1 aliphatic rings. The van der Waals surface area contributed by atoms with Crippen LogP contribution >= 0.6 is 0 Å². The van der Waals surface area contributed by atoms with E-state index >= 15 is 0 Å². The molecular formula is C13H18N2. The number of anilines is 2. The summed E-state index contributed by atoms with van der Waals surface area (Å²) in [5, 5.41) is 0. The van der Waals surface area contributed by atoms with E-state index in [1.807, 2.05) is 7.05 Å². The topological polar surface area (TPSA) is 6.48 Å². The summed E-state index contributed by atoms with van der Waals surface area (Å²) in [6, 6.07) is 8.43. The van der Waals surface area contributed by atoms with Gasteiger partial charge in [0.15, 0.2) is 0 Å². The van der Waals surface area contributed by atoms with Gasteiger partial charge in [0, 0.05) is 13.6 Å². The predicted octanol–water partition coefficient (Wildman–Crippen LogP) is 2.99. The Balaban J connectivity index is 2.25. The number of benzene rings is 1. The summed E-state index contributed by atoms with van der Waals surface area (Å²) in [6.07, 6.45) is 0. The Morgan fingerprint density at radius 2 is 1.73 bits per heavy atom. The molecule has 0 amide bonds. The average molecular weight is 202 g/mol. The van der Waals surface area contributed by atoms with Gasteiger partial charge in [-0.25, -0.2) is 0 Å². The Morgan fingerprint density at radius 1 is 1.13 bits per heavy atom. The lowest BCUT2D eigenvalue weighted by molar-refractivity contribution is 0.420. The molecule has 2 heteroatoms. The SMILES string of the molecule is CN1[C]N(CC(C)(C)C)c2ccccc21. The molecule has 1 aromatic rings. The molecular weight excluding hydrogens is 184 g/mol. The molecule has 2 radical (unpaired) electrons. The average Bonchev–Trinajstić information content (AvgIpc) is 2.42. The zero-order valence-corrected chi connectivity index (χ0v) is 9.91. The summed E-state index contributed by atoms with van der Waals surface area (Å²) >= 11 is 0. The third-order valence-corrected chi connectivity index (χ3v) is 2.44. The first-order valence-electron chi connectivity index (χ1n) is 5.34. The third-order valence-electron chi connectivity index (χ3n) is 2.44. The van der Waals surface area contributed by atoms with Crippen LogP contribution in [0.3, 0.4) is 0 Å². The minimum absolute atomic E-state index is 0.283. The lowest BCUT2D eigenvalue weighted by Gasteiger charge is -2.26. The maximum atomic E-state index is 3.34. The second-order valence-corrected chi connectivity index (χ2v) is 5.29. The van der Waals surface area contributed by atoms with Gasteiger partial charge < -0.3 is 9.80 Å². The van der Waals surface area contributed by atoms with Gasteiger partial charge in [0.25, 0.3) is 0 Å². The molecule has 2 nitrogen and oxygen atoms in total. The molecule has 1 aliphatic heterocycles. The van der Waals surface area contributed by atoms with Crippen LogP contribution in [0.5, 0.6) is 0 Å². The normalized spacial score (nSPS) is 15.7. The Morgan fingerprint density at radius 3 is 2.33 bits per heavy atom. The quantitative estimate of drug-likeness (QED) is 0.690. The van der Waals surface area contributed by atoms with E-state index in [0.29, 0.717) is 0 Å². The van der Waals surface area contributed by atoms with Crippen LogP contribution < -0.4 is 9.80 Å². The summed E-state index contributed by atoms with van der Waals surface area (Å²) < 4.78 is 0. The number of nitrogens with zero attached hydrogens (tertiary/aromatic N) is 2. The van der Waals surface area contributed by atoms with Crippen LogP contribution in [0.15, 0.2) is 24.3 Å². The molecule has 1 heterocycles. The van der Waals surface area contributed by atoms with Crippen molar-refractivity contribution >= 4 is 11.4 Å². The Kier molecular flexibility index (Phi) is 2.37. The fraction of sp³-hybridized carbons (Fsp3) is 0.462. The van der Waals surface area contributed by atoms with Gasteiger partial charge in [-0.15, -0.1) is 0 Å². The second kappa shape index (κ2) is 3.44. The van der Waals surface area contributed by atoms with Gasteiger partial charge in [0.05, 0.1) is 11.4 Å². The maximum absolute atomic E-state index is 3.34. The van der Waals surface area contributed by atoms with E-state index in [9.17, 15) is 0 Å². The van der Waals surface area contributed by atoms with E-state index in [1.54, 1.807) is 0 Å². The smallest absolute Gasteiger partial charge is 0.208 e. The Bertz CT molecular complexity index is 352. The molecule has 0 N–H and O–H groups in total. The molecule has 0 saturated carbocycles. The van der Waals surface area contributed by atoms with E-state index in [-0.39, 0.29) is 5.41 Å². The Labute approximate surface area is 92.5 Å². The highest BCUT2D eigenvalue weighted by molar-refractivity contribution is 5.78. The van der Waals surface area contributed by atoms with Gasteiger partial charge in [-0.05, 0) is 17.5 Å². The van der Waals surface area contributed by atoms with Crippen LogP contribution in [0.4, 0.5) is 11.4 Å². The summed E-state index contributed by atoms with van der Waals surface area (Å²) in [5.41, 5.74) is 2.78. The van der Waals surface area contributed by atoms with Crippen molar-refractivity contribution in [1.29, 1.82) is 0 Å². The lowest BCUT2D eigenvalue weighted by Crippen LogP contribution is -2.31. The van der Waals surface area contributed by atoms with Crippen molar-refractivity contribution in [1.82, 2.24) is 0 Å². The van der Waals surface area contributed by atoms with Crippen molar-refractivity contribution in [3.05, 3.63) is 30.9 Å². The first-order valence-corrected chi connectivity index (χ1v) is 5.34. The highest BCUT2D eigenvalue weighted by atomic mass is 15.4. The number of para-hydroxylation sites is 2. The molecule has 0 unspecified atom stereocenters. The summed E-state index contributed by atoms with van der Waals surface area (Å²) in [5.74, 6) is 0. The summed E-state index contributed by atoms with van der Waals surface area (Å²) in [4.78, 5) is 4.26. The fourth-order valence-corrected chi connectivity index (χ4v) is 1.86. The van der Waals surface area contributed by atoms with Crippen LogP contribution in [-0.4, -0.2) is 13.6 Å². The number of hydrogen-bond donors (Lipinski definition) is 0. The minimum Gasteiger partial charge on any atom is -0.343 e. The van der Waals surface area contributed by atoms with Crippen molar-refractivity contribution in [2.24, 2.45) is 5.41 Å². The van der Waals surface area contributed by atoms with Crippen LogP contribution in [0, 0.1) is 12.1 Å². The molecule has 0 aromatic heterocycles. The van der Waals surface area contributed by atoms with Gasteiger partial charge in [-0.3, -0.25) is 0 Å². The lowest BCUT2D eigenvalue weighted by atomic mass is 9.96. The fourth-order valence-electron chi connectivity index (χ4n) is 1.86. The maximum Gasteiger partial charge on any atom is 0.208 e. The van der Waals surface area contributed by atoms with Gasteiger partial charge in [0.2, 0.25) is 6.67 Å². The van der Waals surface area contributed by atoms with Crippen molar-refractivity contribution in [2.45, 2.75) is 20.8 Å². The van der Waals surface area contributed by atoms with Crippen LogP contribution in [0.25, 0.3) is 0 Å². The molecule has 0 bridgehead atoms. The number of rotatable bonds is 1. The molecule has 0 atom stereocenters. The van der Waals surface area contributed by atoms with Crippen molar-refractivity contribution < 1.29 is 0 Å². The van der Waals surface area contributed by atoms with Gasteiger partial charge in [-0.2, -0.15) is 0 Å². The van der Waals surface area contributed by atoms with E-state index < -0.39 is 0 Å². The molecule has 2 rings (SSSR count). The van der Waals surface area contributed by atoms with Gasteiger partial charge in [0.1, 0.15) is 0 Å². The monoisotopic (exact) mass is 202 g/mol. The van der Waals surface area contributed by atoms with Crippen molar-refractivity contribution in [3.8, 4) is 0 Å². The molecule has 0 aliphatic carbocycles. The molecule has 0 fully saturated rings. The number of hydrogen-bond acceptors (Lipinski definition) is 2. The summed E-state index contributed by atoms with van der Waals surface area (Å²) in [6.45, 7) is 11.1. The minimum atomic E-state index is 0.283.